The Hall–Kier alpha value is -1.51. The Morgan fingerprint density at radius 1 is 0.943 bits per heavy atom. The van der Waals surface area contributed by atoms with Gasteiger partial charge in [0.05, 0.1) is 0 Å². The van der Waals surface area contributed by atoms with Crippen molar-refractivity contribution in [2.45, 2.75) is 141 Å². The number of hydrogen-bond acceptors (Lipinski definition) is 3. The number of ether oxygens (including phenoxy) is 1. The predicted molar refractivity (Wildman–Crippen MR) is 144 cm³/mol. The molecule has 3 aliphatic carbocycles. The third-order valence-corrected chi connectivity index (χ3v) is 9.88. The Morgan fingerprint density at radius 3 is 2.34 bits per heavy atom. The number of phenolic OH excluding ortho intramolecular Hbond substituents is 1. The molecule has 0 unspecified atom stereocenters. The van der Waals surface area contributed by atoms with Crippen LogP contribution in [0, 0.1) is 17.3 Å². The Morgan fingerprint density at radius 2 is 1.63 bits per heavy atom. The first-order valence-electron chi connectivity index (χ1n) is 15.0. The zero-order valence-electron chi connectivity index (χ0n) is 22.5. The summed E-state index contributed by atoms with van der Waals surface area (Å²) in [6.07, 6.45) is 21.9. The lowest BCUT2D eigenvalue weighted by Crippen LogP contribution is -2.45. The first-order chi connectivity index (χ1) is 17.0. The molecule has 0 aliphatic heterocycles. The largest absolute Gasteiger partial charge is 0.508 e. The second-order valence-corrected chi connectivity index (χ2v) is 12.2. The molecule has 3 aliphatic rings. The first-order valence-corrected chi connectivity index (χ1v) is 15.0. The number of esters is 1. The standard InChI is InChI=1S/C32H50O3/c1-3-4-5-6-7-8-9-10-11-12-13-14-31(34)35-30-20-19-29-28-17-15-24-23-25(33)16-18-26(24)27(28)21-22-32(29,30)2/h16,18,23,27-30,33H,3-15,17,19-22H2,1-2H3/t27-,28-,29+,30+,32+/m1/s1. The molecule has 35 heavy (non-hydrogen) atoms. The zero-order valence-corrected chi connectivity index (χ0v) is 22.5. The van der Waals surface area contributed by atoms with Gasteiger partial charge in [0.1, 0.15) is 11.9 Å². The van der Waals surface area contributed by atoms with Crippen LogP contribution in [-0.2, 0) is 16.0 Å². The molecule has 2 saturated carbocycles. The Bertz CT molecular complexity index is 817. The maximum Gasteiger partial charge on any atom is 0.306 e. The summed E-state index contributed by atoms with van der Waals surface area (Å²) in [4.78, 5) is 12.7. The minimum atomic E-state index is 0.0411. The molecule has 2 fully saturated rings. The number of carbonyl (C=O) groups excluding carboxylic acids is 1. The molecule has 1 N–H and O–H groups in total. The minimum absolute atomic E-state index is 0.0411. The zero-order chi connectivity index (χ0) is 24.7. The number of aromatic hydroxyl groups is 1. The van der Waals surface area contributed by atoms with Crippen molar-refractivity contribution in [3.8, 4) is 5.75 Å². The lowest BCUT2D eigenvalue weighted by Gasteiger charge is -2.50. The molecule has 1 aromatic rings. The molecule has 0 bridgehead atoms. The second-order valence-electron chi connectivity index (χ2n) is 12.2. The van der Waals surface area contributed by atoms with Crippen molar-refractivity contribution in [1.29, 1.82) is 0 Å². The maximum atomic E-state index is 12.7. The van der Waals surface area contributed by atoms with Gasteiger partial charge in [0.15, 0.2) is 0 Å². The fourth-order valence-electron chi connectivity index (χ4n) is 7.87. The van der Waals surface area contributed by atoms with Crippen molar-refractivity contribution in [2.24, 2.45) is 17.3 Å². The van der Waals surface area contributed by atoms with Crippen LogP contribution in [0.4, 0.5) is 0 Å². The van der Waals surface area contributed by atoms with Crippen LogP contribution in [0.3, 0.4) is 0 Å². The summed E-state index contributed by atoms with van der Waals surface area (Å²) in [5, 5.41) is 9.90. The highest BCUT2D eigenvalue weighted by molar-refractivity contribution is 5.69. The minimum Gasteiger partial charge on any atom is -0.508 e. The van der Waals surface area contributed by atoms with E-state index in [0.29, 0.717) is 29.9 Å². The fourth-order valence-corrected chi connectivity index (χ4v) is 7.87. The van der Waals surface area contributed by atoms with Gasteiger partial charge in [-0.15, -0.1) is 0 Å². The molecule has 0 spiro atoms. The van der Waals surface area contributed by atoms with Gasteiger partial charge in [0.2, 0.25) is 0 Å². The Kier molecular flexibility index (Phi) is 9.59. The SMILES string of the molecule is CCCCCCCCCCCCCC(=O)O[C@H]1CC[C@H]2[C@@H]3CCc4cc(O)ccc4[C@H]3CC[C@]12C. The normalized spacial score (nSPS) is 29.3. The van der Waals surface area contributed by atoms with Gasteiger partial charge in [-0.25, -0.2) is 0 Å². The number of hydrogen-bond donors (Lipinski definition) is 1. The van der Waals surface area contributed by atoms with Crippen molar-refractivity contribution in [2.75, 3.05) is 0 Å². The van der Waals surface area contributed by atoms with Crippen LogP contribution in [0.25, 0.3) is 0 Å². The van der Waals surface area contributed by atoms with Gasteiger partial charge in [0, 0.05) is 11.8 Å². The molecular formula is C32H50O3. The molecule has 196 valence electrons. The lowest BCUT2D eigenvalue weighted by atomic mass is 9.55. The number of carbonyl (C=O) groups is 1. The van der Waals surface area contributed by atoms with Crippen molar-refractivity contribution in [3.05, 3.63) is 29.3 Å². The summed E-state index contributed by atoms with van der Waals surface area (Å²) in [6, 6.07) is 6.01. The van der Waals surface area contributed by atoms with Crippen LogP contribution in [-0.4, -0.2) is 17.2 Å². The van der Waals surface area contributed by atoms with E-state index < -0.39 is 0 Å². The van der Waals surface area contributed by atoms with E-state index in [1.54, 1.807) is 0 Å². The third-order valence-electron chi connectivity index (χ3n) is 9.88. The summed E-state index contributed by atoms with van der Waals surface area (Å²) in [6.45, 7) is 4.68. The van der Waals surface area contributed by atoms with Crippen molar-refractivity contribution in [3.63, 3.8) is 0 Å². The topological polar surface area (TPSA) is 46.5 Å². The van der Waals surface area contributed by atoms with Crippen molar-refractivity contribution >= 4 is 5.97 Å². The molecule has 0 saturated heterocycles. The number of aryl methyl sites for hydroxylation is 1. The van der Waals surface area contributed by atoms with Crippen LogP contribution in [0.5, 0.6) is 5.75 Å². The molecule has 3 heteroatoms. The Labute approximate surface area is 214 Å². The molecule has 0 amide bonds. The van der Waals surface area contributed by atoms with Gasteiger partial charge in [0.25, 0.3) is 0 Å². The molecule has 5 atom stereocenters. The average molecular weight is 483 g/mol. The second kappa shape index (κ2) is 12.6. The smallest absolute Gasteiger partial charge is 0.306 e. The van der Waals surface area contributed by atoms with E-state index in [1.165, 1.54) is 88.2 Å². The van der Waals surface area contributed by atoms with E-state index in [-0.39, 0.29) is 17.5 Å². The van der Waals surface area contributed by atoms with E-state index in [0.717, 1.165) is 32.1 Å². The van der Waals surface area contributed by atoms with E-state index in [1.807, 2.05) is 12.1 Å². The van der Waals surface area contributed by atoms with E-state index >= 15 is 0 Å². The van der Waals surface area contributed by atoms with Gasteiger partial charge in [-0.1, -0.05) is 84.1 Å². The predicted octanol–water partition coefficient (Wildman–Crippen LogP) is 8.86. The summed E-state index contributed by atoms with van der Waals surface area (Å²) in [5.74, 6) is 2.40. The highest BCUT2D eigenvalue weighted by Gasteiger charge is 2.56. The van der Waals surface area contributed by atoms with Crippen LogP contribution in [0.1, 0.15) is 140 Å². The number of phenols is 1. The van der Waals surface area contributed by atoms with E-state index in [2.05, 4.69) is 19.9 Å². The van der Waals surface area contributed by atoms with Gasteiger partial charge < -0.3 is 9.84 Å². The fraction of sp³-hybridized carbons (Fsp3) is 0.781. The van der Waals surface area contributed by atoms with Crippen LogP contribution >= 0.6 is 0 Å². The lowest BCUT2D eigenvalue weighted by molar-refractivity contribution is -0.157. The quantitative estimate of drug-likeness (QED) is 0.225. The van der Waals surface area contributed by atoms with Gasteiger partial charge in [-0.3, -0.25) is 4.79 Å². The number of unbranched alkanes of at least 4 members (excludes halogenated alkanes) is 10. The molecule has 1 aromatic carbocycles. The highest BCUT2D eigenvalue weighted by atomic mass is 16.5. The molecule has 0 heterocycles. The summed E-state index contributed by atoms with van der Waals surface area (Å²) in [7, 11) is 0. The summed E-state index contributed by atoms with van der Waals surface area (Å²) in [5.41, 5.74) is 2.96. The van der Waals surface area contributed by atoms with Gasteiger partial charge >= 0.3 is 5.97 Å². The summed E-state index contributed by atoms with van der Waals surface area (Å²) >= 11 is 0. The number of benzene rings is 1. The third kappa shape index (κ3) is 6.44. The highest BCUT2D eigenvalue weighted by Crippen LogP contribution is 2.61. The van der Waals surface area contributed by atoms with Crippen molar-refractivity contribution < 1.29 is 14.6 Å². The van der Waals surface area contributed by atoms with Crippen LogP contribution < -0.4 is 0 Å². The molecule has 0 radical (unpaired) electrons. The number of rotatable bonds is 13. The molecule has 3 nitrogen and oxygen atoms in total. The maximum absolute atomic E-state index is 12.7. The monoisotopic (exact) mass is 482 g/mol. The number of fused-ring (bicyclic) bond motifs is 5. The van der Waals surface area contributed by atoms with E-state index in [4.69, 9.17) is 4.74 Å². The molecule has 0 aromatic heterocycles. The van der Waals surface area contributed by atoms with Crippen LogP contribution in [0.2, 0.25) is 0 Å². The van der Waals surface area contributed by atoms with Gasteiger partial charge in [-0.05, 0) is 86.0 Å². The summed E-state index contributed by atoms with van der Waals surface area (Å²) < 4.78 is 6.17. The van der Waals surface area contributed by atoms with E-state index in [9.17, 15) is 9.90 Å². The molecule has 4 rings (SSSR count). The molecular weight excluding hydrogens is 432 g/mol. The van der Waals surface area contributed by atoms with Crippen molar-refractivity contribution in [1.82, 2.24) is 0 Å². The van der Waals surface area contributed by atoms with Gasteiger partial charge in [-0.2, -0.15) is 0 Å². The van der Waals surface area contributed by atoms with Crippen LogP contribution in [0.15, 0.2) is 18.2 Å². The Balaban J connectivity index is 1.16. The first kappa shape index (κ1) is 26.6. The average Bonchev–Trinajstić information content (AvgIpc) is 3.18.